The van der Waals surface area contributed by atoms with Gasteiger partial charge in [-0.15, -0.1) is 0 Å². The third kappa shape index (κ3) is 3.14. The highest BCUT2D eigenvalue weighted by Crippen LogP contribution is 2.21. The first-order valence-electron chi connectivity index (χ1n) is 6.75. The Morgan fingerprint density at radius 2 is 2.14 bits per heavy atom. The Morgan fingerprint density at radius 3 is 2.86 bits per heavy atom. The van der Waals surface area contributed by atoms with Crippen LogP contribution in [0.25, 0.3) is 11.3 Å². The second kappa shape index (κ2) is 6.13. The van der Waals surface area contributed by atoms with Crippen molar-refractivity contribution in [2.45, 2.75) is 6.54 Å². The minimum absolute atomic E-state index is 0.332. The first-order valence-corrected chi connectivity index (χ1v) is 6.75. The molecule has 2 amide bonds. The zero-order chi connectivity index (χ0) is 15.4. The van der Waals surface area contributed by atoms with Crippen molar-refractivity contribution in [2.24, 2.45) is 7.05 Å². The van der Waals surface area contributed by atoms with Crippen molar-refractivity contribution in [3.8, 4) is 11.3 Å². The van der Waals surface area contributed by atoms with Gasteiger partial charge < -0.3 is 14.4 Å². The van der Waals surface area contributed by atoms with Crippen LogP contribution in [-0.2, 0) is 13.6 Å². The van der Waals surface area contributed by atoms with Gasteiger partial charge in [0.15, 0.2) is 11.6 Å². The number of amides is 2. The van der Waals surface area contributed by atoms with E-state index >= 15 is 0 Å². The number of nitrogens with one attached hydrogen (secondary N) is 2. The van der Waals surface area contributed by atoms with Gasteiger partial charge in [-0.25, -0.2) is 9.78 Å². The van der Waals surface area contributed by atoms with E-state index in [2.05, 4.69) is 20.8 Å². The fourth-order valence-corrected chi connectivity index (χ4v) is 1.96. The molecular weight excluding hydrogens is 282 g/mol. The van der Waals surface area contributed by atoms with Crippen LogP contribution in [0.2, 0.25) is 0 Å². The van der Waals surface area contributed by atoms with Gasteiger partial charge in [-0.1, -0.05) is 35.5 Å². The first-order chi connectivity index (χ1) is 10.7. The van der Waals surface area contributed by atoms with E-state index in [4.69, 9.17) is 4.52 Å². The number of urea groups is 1. The summed E-state index contributed by atoms with van der Waals surface area (Å²) in [5.41, 5.74) is 0.900. The molecule has 112 valence electrons. The summed E-state index contributed by atoms with van der Waals surface area (Å²) in [6, 6.07) is 10.9. The fraction of sp³-hybridized carbons (Fsp3) is 0.133. The molecule has 0 aliphatic carbocycles. The smallest absolute Gasteiger partial charge is 0.320 e. The average Bonchev–Trinajstić information content (AvgIpc) is 3.15. The molecule has 7 nitrogen and oxygen atoms in total. The minimum Gasteiger partial charge on any atom is -0.354 e. The highest BCUT2D eigenvalue weighted by atomic mass is 16.5. The second-order valence-electron chi connectivity index (χ2n) is 4.70. The third-order valence-corrected chi connectivity index (χ3v) is 3.14. The Balaban J connectivity index is 1.58. The summed E-state index contributed by atoms with van der Waals surface area (Å²) in [7, 11) is 1.87. The van der Waals surface area contributed by atoms with Crippen LogP contribution in [0.5, 0.6) is 0 Å². The second-order valence-corrected chi connectivity index (χ2v) is 4.70. The van der Waals surface area contributed by atoms with Crippen molar-refractivity contribution < 1.29 is 9.32 Å². The number of nitrogens with zero attached hydrogens (tertiary/aromatic N) is 3. The summed E-state index contributed by atoms with van der Waals surface area (Å²) in [6.45, 7) is 0.332. The molecule has 1 aromatic carbocycles. The van der Waals surface area contributed by atoms with Gasteiger partial charge in [0, 0.05) is 31.1 Å². The maximum absolute atomic E-state index is 11.8. The van der Waals surface area contributed by atoms with E-state index in [9.17, 15) is 4.79 Å². The molecule has 0 aliphatic rings. The van der Waals surface area contributed by atoms with E-state index in [0.29, 0.717) is 18.1 Å². The summed E-state index contributed by atoms with van der Waals surface area (Å²) in [6.07, 6.45) is 3.50. The molecule has 0 saturated heterocycles. The van der Waals surface area contributed by atoms with E-state index in [1.165, 1.54) is 0 Å². The van der Waals surface area contributed by atoms with E-state index in [1.807, 2.05) is 48.1 Å². The van der Waals surface area contributed by atoms with Crippen molar-refractivity contribution >= 4 is 11.8 Å². The predicted molar refractivity (Wildman–Crippen MR) is 81.0 cm³/mol. The molecule has 0 bridgehead atoms. The van der Waals surface area contributed by atoms with Crippen molar-refractivity contribution in [3.63, 3.8) is 0 Å². The molecule has 3 rings (SSSR count). The number of carbonyl (C=O) groups is 1. The topological polar surface area (TPSA) is 85.0 Å². The lowest BCUT2D eigenvalue weighted by molar-refractivity contribution is 0.251. The standard InChI is InChI=1S/C15H15N5O2/c1-20-8-7-16-14(20)10-17-15(21)18-13-9-12(22-19-13)11-5-3-2-4-6-11/h2-9H,10H2,1H3,(H2,17,18,19,21). The monoisotopic (exact) mass is 297 g/mol. The van der Waals surface area contributed by atoms with E-state index < -0.39 is 0 Å². The van der Waals surface area contributed by atoms with E-state index in [0.717, 1.165) is 11.4 Å². The molecule has 22 heavy (non-hydrogen) atoms. The van der Waals surface area contributed by atoms with Crippen LogP contribution in [-0.4, -0.2) is 20.7 Å². The normalized spacial score (nSPS) is 10.4. The molecule has 2 heterocycles. The van der Waals surface area contributed by atoms with E-state index in [1.54, 1.807) is 12.3 Å². The SMILES string of the molecule is Cn1ccnc1CNC(=O)Nc1cc(-c2ccccc2)on1. The average molecular weight is 297 g/mol. The number of rotatable bonds is 4. The number of hydrogen-bond acceptors (Lipinski definition) is 4. The quantitative estimate of drug-likeness (QED) is 0.774. The molecule has 0 saturated carbocycles. The highest BCUT2D eigenvalue weighted by molar-refractivity contribution is 5.88. The molecule has 7 heteroatoms. The molecule has 0 atom stereocenters. The van der Waals surface area contributed by atoms with Gasteiger partial charge in [0.1, 0.15) is 5.82 Å². The lowest BCUT2D eigenvalue weighted by Gasteiger charge is -2.04. The number of anilines is 1. The summed E-state index contributed by atoms with van der Waals surface area (Å²) in [5.74, 6) is 1.72. The van der Waals surface area contributed by atoms with Crippen LogP contribution in [0.3, 0.4) is 0 Å². The molecule has 2 aromatic heterocycles. The number of aromatic nitrogens is 3. The molecule has 0 radical (unpaired) electrons. The van der Waals surface area contributed by atoms with Crippen LogP contribution in [0, 0.1) is 0 Å². The highest BCUT2D eigenvalue weighted by Gasteiger charge is 2.09. The number of benzene rings is 1. The van der Waals surface area contributed by atoms with Gasteiger partial charge in [-0.05, 0) is 0 Å². The Hall–Kier alpha value is -3.09. The zero-order valence-electron chi connectivity index (χ0n) is 12.0. The van der Waals surface area contributed by atoms with Crippen LogP contribution in [0.15, 0.2) is 53.3 Å². The zero-order valence-corrected chi connectivity index (χ0v) is 12.0. The van der Waals surface area contributed by atoms with Gasteiger partial charge >= 0.3 is 6.03 Å². The van der Waals surface area contributed by atoms with E-state index in [-0.39, 0.29) is 6.03 Å². The third-order valence-electron chi connectivity index (χ3n) is 3.14. The lowest BCUT2D eigenvalue weighted by atomic mass is 10.2. The van der Waals surface area contributed by atoms with Crippen LogP contribution in [0.4, 0.5) is 10.6 Å². The Morgan fingerprint density at radius 1 is 1.32 bits per heavy atom. The summed E-state index contributed by atoms with van der Waals surface area (Å²) in [5, 5.41) is 9.16. The number of hydrogen-bond donors (Lipinski definition) is 2. The number of imidazole rings is 1. The summed E-state index contributed by atoms with van der Waals surface area (Å²) >= 11 is 0. The molecule has 3 aromatic rings. The van der Waals surface area contributed by atoms with Gasteiger partial charge in [-0.2, -0.15) is 0 Å². The number of aryl methyl sites for hydroxylation is 1. The van der Waals surface area contributed by atoms with Gasteiger partial charge in [0.2, 0.25) is 0 Å². The Kier molecular flexibility index (Phi) is 3.86. The van der Waals surface area contributed by atoms with Gasteiger partial charge in [-0.3, -0.25) is 5.32 Å². The lowest BCUT2D eigenvalue weighted by Crippen LogP contribution is -2.29. The summed E-state index contributed by atoms with van der Waals surface area (Å²) in [4.78, 5) is 15.9. The van der Waals surface area contributed by atoms with Gasteiger partial charge in [0.05, 0.1) is 6.54 Å². The maximum atomic E-state index is 11.8. The molecule has 0 fully saturated rings. The minimum atomic E-state index is -0.365. The van der Waals surface area contributed by atoms with Crippen LogP contribution >= 0.6 is 0 Å². The Labute approximate surface area is 127 Å². The maximum Gasteiger partial charge on any atom is 0.320 e. The molecule has 0 aliphatic heterocycles. The van der Waals surface area contributed by atoms with Crippen LogP contribution < -0.4 is 10.6 Å². The van der Waals surface area contributed by atoms with Crippen molar-refractivity contribution in [2.75, 3.05) is 5.32 Å². The molecule has 0 unspecified atom stereocenters. The first kappa shape index (κ1) is 13.9. The molecule has 2 N–H and O–H groups in total. The van der Waals surface area contributed by atoms with Crippen molar-refractivity contribution in [1.82, 2.24) is 20.0 Å². The fourth-order valence-electron chi connectivity index (χ4n) is 1.96. The predicted octanol–water partition coefficient (Wildman–Crippen LogP) is 2.40. The molecule has 0 spiro atoms. The largest absolute Gasteiger partial charge is 0.354 e. The summed E-state index contributed by atoms with van der Waals surface area (Å²) < 4.78 is 7.05. The Bertz CT molecular complexity index is 763. The van der Waals surface area contributed by atoms with Crippen molar-refractivity contribution in [1.29, 1.82) is 0 Å². The van der Waals surface area contributed by atoms with Crippen LogP contribution in [0.1, 0.15) is 5.82 Å². The molecular formula is C15H15N5O2. The van der Waals surface area contributed by atoms with Crippen molar-refractivity contribution in [3.05, 3.63) is 54.6 Å². The van der Waals surface area contributed by atoms with Gasteiger partial charge in [0.25, 0.3) is 0 Å². The number of carbonyl (C=O) groups excluding carboxylic acids is 1.